The topological polar surface area (TPSA) is 81.1 Å². The molecule has 0 saturated carbocycles. The van der Waals surface area contributed by atoms with E-state index in [1.165, 1.54) is 0 Å². The monoisotopic (exact) mass is 386 g/mol. The number of hydrogen-bond acceptors (Lipinski definition) is 6. The van der Waals surface area contributed by atoms with E-state index in [9.17, 15) is 9.90 Å². The van der Waals surface area contributed by atoms with Crippen LogP contribution in [-0.4, -0.2) is 61.0 Å². The first-order valence-electron chi connectivity index (χ1n) is 9.18. The van der Waals surface area contributed by atoms with Gasteiger partial charge in [0.05, 0.1) is 39.0 Å². The number of pyridine rings is 1. The summed E-state index contributed by atoms with van der Waals surface area (Å²) in [7, 11) is 3.13. The summed E-state index contributed by atoms with van der Waals surface area (Å²) >= 11 is 0. The number of carbonyl (C=O) groups is 1. The molecule has 0 aliphatic carbocycles. The largest absolute Gasteiger partial charge is 0.493 e. The maximum absolute atomic E-state index is 13.3. The van der Waals surface area contributed by atoms with Gasteiger partial charge in [0.1, 0.15) is 6.10 Å². The number of aliphatic hydroxyl groups is 1. The van der Waals surface area contributed by atoms with Crippen molar-refractivity contribution in [1.82, 2.24) is 9.88 Å². The van der Waals surface area contributed by atoms with Crippen LogP contribution in [0.3, 0.4) is 0 Å². The normalized spacial score (nSPS) is 19.4. The molecule has 3 rings (SSSR count). The van der Waals surface area contributed by atoms with Crippen molar-refractivity contribution in [2.75, 3.05) is 34.0 Å². The number of methoxy groups -OCH3 is 2. The Morgan fingerprint density at radius 3 is 2.64 bits per heavy atom. The van der Waals surface area contributed by atoms with Crippen LogP contribution in [0.15, 0.2) is 30.5 Å². The Hall–Kier alpha value is -2.64. The van der Waals surface area contributed by atoms with Gasteiger partial charge in [-0.1, -0.05) is 6.07 Å². The lowest BCUT2D eigenvalue weighted by Crippen LogP contribution is -2.49. The van der Waals surface area contributed by atoms with Crippen LogP contribution in [-0.2, 0) is 4.74 Å². The second kappa shape index (κ2) is 8.58. The lowest BCUT2D eigenvalue weighted by Gasteiger charge is -2.41. The number of benzene rings is 1. The summed E-state index contributed by atoms with van der Waals surface area (Å²) in [6.07, 6.45) is 1.06. The van der Waals surface area contributed by atoms with E-state index in [1.54, 1.807) is 31.4 Å². The summed E-state index contributed by atoms with van der Waals surface area (Å²) in [4.78, 5) is 19.3. The summed E-state index contributed by atoms with van der Waals surface area (Å²) in [5, 5.41) is 9.87. The Kier molecular flexibility index (Phi) is 6.16. The van der Waals surface area contributed by atoms with E-state index in [0.29, 0.717) is 30.2 Å². The number of nitrogens with zero attached hydrogens (tertiary/aromatic N) is 2. The van der Waals surface area contributed by atoms with Crippen LogP contribution in [0.4, 0.5) is 0 Å². The lowest BCUT2D eigenvalue weighted by atomic mass is 9.96. The summed E-state index contributed by atoms with van der Waals surface area (Å²) < 4.78 is 16.5. The third-order valence-corrected chi connectivity index (χ3v) is 5.13. The number of amides is 1. The Morgan fingerprint density at radius 2 is 2.00 bits per heavy atom. The minimum Gasteiger partial charge on any atom is -0.493 e. The first kappa shape index (κ1) is 20.1. The molecule has 1 fully saturated rings. The molecular formula is C21H26N2O5. The number of aryl methyl sites for hydroxylation is 2. The van der Waals surface area contributed by atoms with Crippen molar-refractivity contribution in [1.29, 1.82) is 0 Å². The van der Waals surface area contributed by atoms with Gasteiger partial charge < -0.3 is 24.2 Å². The Morgan fingerprint density at radius 1 is 1.25 bits per heavy atom. The van der Waals surface area contributed by atoms with Crippen LogP contribution in [0.1, 0.15) is 33.2 Å². The molecule has 1 saturated heterocycles. The zero-order valence-electron chi connectivity index (χ0n) is 16.6. The zero-order valence-corrected chi connectivity index (χ0v) is 16.6. The highest BCUT2D eigenvalue weighted by Gasteiger charge is 2.37. The molecule has 28 heavy (non-hydrogen) atoms. The van der Waals surface area contributed by atoms with Crippen LogP contribution in [0.2, 0.25) is 0 Å². The molecule has 7 heteroatoms. The first-order chi connectivity index (χ1) is 13.5. The summed E-state index contributed by atoms with van der Waals surface area (Å²) in [5.74, 6) is 1.01. The standard InChI is InChI=1S/C21H26N2O5/c1-13-9-16(11-22-14(13)2)21(25)23-7-8-28-19(12-24)20(23)15-5-6-17(26-3)18(10-15)27-4/h5-6,9-11,19-20,24H,7-8,12H2,1-4H3/t19-,20-/m1/s1. The van der Waals surface area contributed by atoms with Gasteiger partial charge in [0.15, 0.2) is 11.5 Å². The maximum Gasteiger partial charge on any atom is 0.256 e. The second-order valence-electron chi connectivity index (χ2n) is 6.78. The van der Waals surface area contributed by atoms with Gasteiger partial charge in [0.2, 0.25) is 0 Å². The molecule has 0 unspecified atom stereocenters. The van der Waals surface area contributed by atoms with Crippen LogP contribution >= 0.6 is 0 Å². The summed E-state index contributed by atoms with van der Waals surface area (Å²) in [6, 6.07) is 6.87. The first-order valence-corrected chi connectivity index (χ1v) is 9.18. The van der Waals surface area contributed by atoms with Gasteiger partial charge in [0, 0.05) is 18.4 Å². The molecule has 1 N–H and O–H groups in total. The molecule has 1 amide bonds. The van der Waals surface area contributed by atoms with Crippen molar-refractivity contribution in [3.8, 4) is 11.5 Å². The molecule has 1 aromatic heterocycles. The van der Waals surface area contributed by atoms with Gasteiger partial charge in [-0.25, -0.2) is 0 Å². The van der Waals surface area contributed by atoms with Crippen molar-refractivity contribution in [3.05, 3.63) is 52.8 Å². The number of morpholine rings is 1. The molecule has 1 aromatic carbocycles. The molecular weight excluding hydrogens is 360 g/mol. The Bertz CT molecular complexity index is 855. The third kappa shape index (κ3) is 3.81. The fourth-order valence-corrected chi connectivity index (χ4v) is 3.47. The fraction of sp³-hybridized carbons (Fsp3) is 0.429. The van der Waals surface area contributed by atoms with Gasteiger partial charge in [-0.3, -0.25) is 9.78 Å². The highest BCUT2D eigenvalue weighted by atomic mass is 16.5. The quantitative estimate of drug-likeness (QED) is 0.849. The Labute approximate surface area is 164 Å². The molecule has 150 valence electrons. The number of aromatic nitrogens is 1. The fourth-order valence-electron chi connectivity index (χ4n) is 3.47. The smallest absolute Gasteiger partial charge is 0.256 e. The SMILES string of the molecule is COc1ccc([C@@H]2[C@@H](CO)OCCN2C(=O)c2cnc(C)c(C)c2)cc1OC. The minimum absolute atomic E-state index is 0.142. The number of aliphatic hydroxyl groups excluding tert-OH is 1. The van der Waals surface area contributed by atoms with Gasteiger partial charge in [-0.2, -0.15) is 0 Å². The average Bonchev–Trinajstić information content (AvgIpc) is 2.73. The van der Waals surface area contributed by atoms with Crippen molar-refractivity contribution in [3.63, 3.8) is 0 Å². The number of hydrogen-bond donors (Lipinski definition) is 1. The van der Waals surface area contributed by atoms with E-state index in [2.05, 4.69) is 4.98 Å². The molecule has 2 heterocycles. The summed E-state index contributed by atoms with van der Waals surface area (Å²) in [6.45, 7) is 4.42. The number of carbonyl (C=O) groups excluding carboxylic acids is 1. The second-order valence-corrected chi connectivity index (χ2v) is 6.78. The molecule has 1 aliphatic rings. The highest BCUT2D eigenvalue weighted by molar-refractivity contribution is 5.94. The molecule has 0 radical (unpaired) electrons. The van der Waals surface area contributed by atoms with Gasteiger partial charge in [0.25, 0.3) is 5.91 Å². The highest BCUT2D eigenvalue weighted by Crippen LogP contribution is 2.36. The van der Waals surface area contributed by atoms with Crippen LogP contribution in [0.25, 0.3) is 0 Å². The number of ether oxygens (including phenoxy) is 3. The van der Waals surface area contributed by atoms with Crippen molar-refractivity contribution < 1.29 is 24.1 Å². The van der Waals surface area contributed by atoms with Crippen LogP contribution < -0.4 is 9.47 Å². The zero-order chi connectivity index (χ0) is 20.3. The lowest BCUT2D eigenvalue weighted by molar-refractivity contribution is -0.0811. The predicted molar refractivity (Wildman–Crippen MR) is 104 cm³/mol. The summed E-state index contributed by atoms with van der Waals surface area (Å²) in [5.41, 5.74) is 3.18. The van der Waals surface area contributed by atoms with E-state index < -0.39 is 12.1 Å². The molecule has 1 aliphatic heterocycles. The van der Waals surface area contributed by atoms with E-state index >= 15 is 0 Å². The molecule has 0 spiro atoms. The van der Waals surface area contributed by atoms with Crippen molar-refractivity contribution in [2.24, 2.45) is 0 Å². The van der Waals surface area contributed by atoms with E-state index in [1.807, 2.05) is 32.0 Å². The van der Waals surface area contributed by atoms with E-state index in [-0.39, 0.29) is 12.5 Å². The van der Waals surface area contributed by atoms with Crippen LogP contribution in [0.5, 0.6) is 11.5 Å². The predicted octanol–water partition coefficient (Wildman–Crippen LogP) is 2.29. The van der Waals surface area contributed by atoms with Gasteiger partial charge in [-0.15, -0.1) is 0 Å². The van der Waals surface area contributed by atoms with Crippen LogP contribution in [0, 0.1) is 13.8 Å². The molecule has 0 bridgehead atoms. The Balaban J connectivity index is 2.01. The van der Waals surface area contributed by atoms with Crippen molar-refractivity contribution >= 4 is 5.91 Å². The average molecular weight is 386 g/mol. The van der Waals surface area contributed by atoms with E-state index in [4.69, 9.17) is 14.2 Å². The number of rotatable bonds is 5. The minimum atomic E-state index is -0.532. The maximum atomic E-state index is 13.3. The molecule has 2 atom stereocenters. The molecule has 2 aromatic rings. The van der Waals surface area contributed by atoms with E-state index in [0.717, 1.165) is 16.8 Å². The van der Waals surface area contributed by atoms with Gasteiger partial charge >= 0.3 is 0 Å². The third-order valence-electron chi connectivity index (χ3n) is 5.13. The van der Waals surface area contributed by atoms with Gasteiger partial charge in [-0.05, 0) is 43.2 Å². The molecule has 7 nitrogen and oxygen atoms in total. The van der Waals surface area contributed by atoms with Crippen molar-refractivity contribution in [2.45, 2.75) is 26.0 Å².